The van der Waals surface area contributed by atoms with Crippen LogP contribution in [-0.4, -0.2) is 36.9 Å². The number of esters is 2. The van der Waals surface area contributed by atoms with E-state index in [1.54, 1.807) is 68.4 Å². The van der Waals surface area contributed by atoms with E-state index >= 15 is 0 Å². The highest BCUT2D eigenvalue weighted by molar-refractivity contribution is 5.89. The molecule has 6 nitrogen and oxygen atoms in total. The lowest BCUT2D eigenvalue weighted by molar-refractivity contribution is -0.161. The first kappa shape index (κ1) is 28.3. The standard InChI is InChI=1S/C22H17FO3.C9H14O3/c1-14(2)22(25)26-19-10-5-16(6-11-19)20-12-7-17(13-21(20)23)15-3-8-18(24)9-4-15;1-7(2)8(10)12-6-9(3)4-11-5-9/h3-13,24H,1H2,2H3;1,4-6H2,2-3H3. The van der Waals surface area contributed by atoms with Crippen LogP contribution in [0.25, 0.3) is 22.3 Å². The van der Waals surface area contributed by atoms with Crippen molar-refractivity contribution in [2.75, 3.05) is 19.8 Å². The van der Waals surface area contributed by atoms with Gasteiger partial charge >= 0.3 is 11.9 Å². The van der Waals surface area contributed by atoms with Gasteiger partial charge in [-0.05, 0) is 60.9 Å². The number of benzene rings is 3. The molecule has 1 N–H and O–H groups in total. The fourth-order valence-electron chi connectivity index (χ4n) is 3.38. The number of carbonyl (C=O) groups excluding carboxylic acids is 2. The Bertz CT molecular complexity index is 1320. The zero-order valence-electron chi connectivity index (χ0n) is 21.8. The van der Waals surface area contributed by atoms with Crippen molar-refractivity contribution >= 4 is 11.9 Å². The molecule has 38 heavy (non-hydrogen) atoms. The van der Waals surface area contributed by atoms with Crippen LogP contribution in [0.4, 0.5) is 4.39 Å². The number of hydrogen-bond acceptors (Lipinski definition) is 6. The normalized spacial score (nSPS) is 13.3. The minimum absolute atomic E-state index is 0.0328. The third-order valence-electron chi connectivity index (χ3n) is 5.70. The third kappa shape index (κ3) is 7.63. The van der Waals surface area contributed by atoms with Crippen LogP contribution in [0.3, 0.4) is 0 Å². The maximum Gasteiger partial charge on any atom is 0.338 e. The average Bonchev–Trinajstić information content (AvgIpc) is 2.87. The van der Waals surface area contributed by atoms with E-state index in [0.29, 0.717) is 47.8 Å². The van der Waals surface area contributed by atoms with E-state index < -0.39 is 5.97 Å². The van der Waals surface area contributed by atoms with Crippen molar-refractivity contribution in [2.24, 2.45) is 5.41 Å². The maximum absolute atomic E-state index is 14.6. The van der Waals surface area contributed by atoms with Gasteiger partial charge in [-0.25, -0.2) is 14.0 Å². The predicted molar refractivity (Wildman–Crippen MR) is 144 cm³/mol. The van der Waals surface area contributed by atoms with Gasteiger partial charge in [-0.3, -0.25) is 0 Å². The van der Waals surface area contributed by atoms with Crippen molar-refractivity contribution in [1.82, 2.24) is 0 Å². The number of carbonyl (C=O) groups is 2. The van der Waals surface area contributed by atoms with Crippen LogP contribution in [0.1, 0.15) is 20.8 Å². The number of halogens is 1. The molecule has 7 heteroatoms. The summed E-state index contributed by atoms with van der Waals surface area (Å²) >= 11 is 0. The number of rotatable bonds is 7. The summed E-state index contributed by atoms with van der Waals surface area (Å²) in [6, 6.07) is 18.2. The molecular weight excluding hydrogens is 487 g/mol. The van der Waals surface area contributed by atoms with Gasteiger partial charge in [0.25, 0.3) is 0 Å². The Kier molecular flexibility index (Phi) is 9.20. The molecule has 1 fully saturated rings. The summed E-state index contributed by atoms with van der Waals surface area (Å²) in [5.74, 6) is -0.631. The summed E-state index contributed by atoms with van der Waals surface area (Å²) < 4.78 is 29.7. The van der Waals surface area contributed by atoms with Crippen LogP contribution >= 0.6 is 0 Å². The monoisotopic (exact) mass is 518 g/mol. The first-order valence-corrected chi connectivity index (χ1v) is 11.9. The summed E-state index contributed by atoms with van der Waals surface area (Å²) in [6.45, 7) is 14.0. The van der Waals surface area contributed by atoms with Gasteiger partial charge in [0.2, 0.25) is 0 Å². The van der Waals surface area contributed by atoms with Crippen LogP contribution in [0, 0.1) is 11.2 Å². The number of hydrogen-bond donors (Lipinski definition) is 1. The van der Waals surface area contributed by atoms with Crippen molar-refractivity contribution in [3.8, 4) is 33.8 Å². The number of phenolic OH excluding ortho intramolecular Hbond substituents is 1. The van der Waals surface area contributed by atoms with E-state index in [0.717, 1.165) is 11.1 Å². The van der Waals surface area contributed by atoms with E-state index in [1.165, 1.54) is 6.07 Å². The minimum atomic E-state index is -0.498. The van der Waals surface area contributed by atoms with E-state index in [-0.39, 0.29) is 23.0 Å². The molecule has 3 aromatic carbocycles. The molecule has 1 heterocycles. The zero-order valence-corrected chi connectivity index (χ0v) is 21.8. The lowest BCUT2D eigenvalue weighted by atomic mass is 9.90. The third-order valence-corrected chi connectivity index (χ3v) is 5.70. The molecule has 198 valence electrons. The second-order valence-electron chi connectivity index (χ2n) is 9.60. The van der Waals surface area contributed by atoms with E-state index in [9.17, 15) is 19.1 Å². The van der Waals surface area contributed by atoms with Crippen LogP contribution in [-0.2, 0) is 19.1 Å². The topological polar surface area (TPSA) is 82.1 Å². The Morgan fingerprint density at radius 3 is 1.95 bits per heavy atom. The van der Waals surface area contributed by atoms with Crippen LogP contribution in [0.15, 0.2) is 91.0 Å². The summed E-state index contributed by atoms with van der Waals surface area (Å²) in [4.78, 5) is 22.5. The molecule has 0 amide bonds. The SMILES string of the molecule is C=C(C)C(=O)OCC1(C)COC1.C=C(C)C(=O)Oc1ccc(-c2ccc(-c3ccc(O)cc3)cc2F)cc1. The Morgan fingerprint density at radius 1 is 0.895 bits per heavy atom. The molecule has 0 bridgehead atoms. The Hall–Kier alpha value is -4.23. The fraction of sp³-hybridized carbons (Fsp3) is 0.226. The van der Waals surface area contributed by atoms with Gasteiger partial charge in [0.1, 0.15) is 23.9 Å². The van der Waals surface area contributed by atoms with Gasteiger partial charge < -0.3 is 19.3 Å². The molecule has 1 aliphatic heterocycles. The summed E-state index contributed by atoms with van der Waals surface area (Å²) in [5, 5.41) is 9.35. The molecule has 0 radical (unpaired) electrons. The van der Waals surface area contributed by atoms with Gasteiger partial charge in [0.05, 0.1) is 13.2 Å². The highest BCUT2D eigenvalue weighted by Gasteiger charge is 2.34. The van der Waals surface area contributed by atoms with Crippen molar-refractivity contribution < 1.29 is 33.3 Å². The van der Waals surface area contributed by atoms with Gasteiger partial charge in [-0.15, -0.1) is 0 Å². The van der Waals surface area contributed by atoms with Crippen molar-refractivity contribution in [3.63, 3.8) is 0 Å². The molecule has 3 aromatic rings. The van der Waals surface area contributed by atoms with Crippen molar-refractivity contribution in [3.05, 3.63) is 96.9 Å². The summed E-state index contributed by atoms with van der Waals surface area (Å²) in [5.41, 5.74) is 3.45. The van der Waals surface area contributed by atoms with Gasteiger partial charge in [0, 0.05) is 22.1 Å². The molecule has 4 rings (SSSR count). The molecule has 1 aliphatic rings. The molecular formula is C31H31FO6. The molecule has 0 spiro atoms. The predicted octanol–water partition coefficient (Wildman–Crippen LogP) is 6.49. The molecule has 0 aliphatic carbocycles. The van der Waals surface area contributed by atoms with Crippen LogP contribution in [0.5, 0.6) is 11.5 Å². The number of ether oxygens (including phenoxy) is 3. The van der Waals surface area contributed by atoms with Crippen molar-refractivity contribution in [2.45, 2.75) is 20.8 Å². The highest BCUT2D eigenvalue weighted by atomic mass is 19.1. The summed E-state index contributed by atoms with van der Waals surface area (Å²) in [6.07, 6.45) is 0. The lowest BCUT2D eigenvalue weighted by Gasteiger charge is -2.37. The Morgan fingerprint density at radius 2 is 1.45 bits per heavy atom. The molecule has 1 saturated heterocycles. The largest absolute Gasteiger partial charge is 0.508 e. The van der Waals surface area contributed by atoms with Gasteiger partial charge in [0.15, 0.2) is 0 Å². The molecule has 0 aromatic heterocycles. The lowest BCUT2D eigenvalue weighted by Crippen LogP contribution is -2.44. The summed E-state index contributed by atoms with van der Waals surface area (Å²) in [7, 11) is 0. The smallest absolute Gasteiger partial charge is 0.338 e. The first-order chi connectivity index (χ1) is 18.0. The van der Waals surface area contributed by atoms with Gasteiger partial charge in [-0.2, -0.15) is 0 Å². The van der Waals surface area contributed by atoms with Crippen molar-refractivity contribution in [1.29, 1.82) is 0 Å². The number of aromatic hydroxyl groups is 1. The quantitative estimate of drug-likeness (QED) is 0.219. The average molecular weight is 519 g/mol. The van der Waals surface area contributed by atoms with Crippen LogP contribution in [0.2, 0.25) is 0 Å². The second-order valence-corrected chi connectivity index (χ2v) is 9.60. The maximum atomic E-state index is 14.6. The zero-order chi connectivity index (χ0) is 27.9. The second kappa shape index (κ2) is 12.3. The van der Waals surface area contributed by atoms with Crippen LogP contribution < -0.4 is 4.74 Å². The van der Waals surface area contributed by atoms with Gasteiger partial charge in [-0.1, -0.05) is 56.5 Å². The molecule has 0 saturated carbocycles. The fourth-order valence-corrected chi connectivity index (χ4v) is 3.38. The Balaban J connectivity index is 0.000000279. The highest BCUT2D eigenvalue weighted by Crippen LogP contribution is 2.30. The van der Waals surface area contributed by atoms with E-state index in [1.807, 2.05) is 13.0 Å². The Labute approximate surface area is 222 Å². The number of phenols is 1. The first-order valence-electron chi connectivity index (χ1n) is 11.9. The minimum Gasteiger partial charge on any atom is -0.508 e. The molecule has 0 atom stereocenters. The van der Waals surface area contributed by atoms with E-state index in [4.69, 9.17) is 14.2 Å². The molecule has 0 unspecified atom stereocenters. The van der Waals surface area contributed by atoms with E-state index in [2.05, 4.69) is 13.2 Å².